The average molecular weight is 301 g/mol. The van der Waals surface area contributed by atoms with Crippen molar-refractivity contribution in [3.63, 3.8) is 0 Å². The van der Waals surface area contributed by atoms with Gasteiger partial charge in [0, 0.05) is 16.6 Å². The molecule has 1 aromatic carbocycles. The lowest BCUT2D eigenvalue weighted by molar-refractivity contribution is -0.384. The van der Waals surface area contributed by atoms with Gasteiger partial charge in [0.05, 0.1) is 4.92 Å². The Morgan fingerprint density at radius 1 is 1.47 bits per heavy atom. The summed E-state index contributed by atoms with van der Waals surface area (Å²) in [7, 11) is 0. The van der Waals surface area contributed by atoms with Crippen molar-refractivity contribution in [1.29, 1.82) is 0 Å². The standard InChI is InChI=1S/C12H17BrN2O2/c1-4-10(8(2)3)14-11-7-9(13)5-6-12(11)15(16)17/h5-8,10,14H,4H2,1-3H3. The molecule has 17 heavy (non-hydrogen) atoms. The molecule has 4 nitrogen and oxygen atoms in total. The number of rotatable bonds is 5. The Kier molecular flexibility index (Phi) is 4.93. The maximum absolute atomic E-state index is 10.9. The number of hydrogen-bond donors (Lipinski definition) is 1. The van der Waals surface area contributed by atoms with Gasteiger partial charge in [-0.1, -0.05) is 36.7 Å². The van der Waals surface area contributed by atoms with E-state index in [2.05, 4.69) is 42.0 Å². The van der Waals surface area contributed by atoms with Gasteiger partial charge in [0.25, 0.3) is 5.69 Å². The number of halogens is 1. The van der Waals surface area contributed by atoms with Gasteiger partial charge in [-0.15, -0.1) is 0 Å². The minimum Gasteiger partial charge on any atom is -0.376 e. The van der Waals surface area contributed by atoms with Crippen LogP contribution in [0.25, 0.3) is 0 Å². The third-order valence-corrected chi connectivity index (χ3v) is 3.23. The first-order valence-electron chi connectivity index (χ1n) is 5.66. The summed E-state index contributed by atoms with van der Waals surface area (Å²) in [5.41, 5.74) is 0.692. The summed E-state index contributed by atoms with van der Waals surface area (Å²) < 4.78 is 0.837. The summed E-state index contributed by atoms with van der Waals surface area (Å²) in [5.74, 6) is 0.429. The first-order valence-corrected chi connectivity index (χ1v) is 6.45. The average Bonchev–Trinajstić information content (AvgIpc) is 2.25. The molecule has 0 bridgehead atoms. The van der Waals surface area contributed by atoms with Crippen molar-refractivity contribution < 1.29 is 4.92 Å². The van der Waals surface area contributed by atoms with Gasteiger partial charge < -0.3 is 5.32 Å². The van der Waals surface area contributed by atoms with E-state index in [1.54, 1.807) is 12.1 Å². The Morgan fingerprint density at radius 2 is 2.12 bits per heavy atom. The van der Waals surface area contributed by atoms with Gasteiger partial charge in [0.1, 0.15) is 5.69 Å². The molecule has 0 aliphatic carbocycles. The lowest BCUT2D eigenvalue weighted by atomic mass is 10.0. The first kappa shape index (κ1) is 14.0. The summed E-state index contributed by atoms with van der Waals surface area (Å²) in [6.45, 7) is 6.28. The van der Waals surface area contributed by atoms with Crippen LogP contribution in [0.5, 0.6) is 0 Å². The minimum absolute atomic E-state index is 0.118. The SMILES string of the molecule is CCC(Nc1cc(Br)ccc1[N+](=O)[O-])C(C)C. The molecule has 0 saturated heterocycles. The summed E-state index contributed by atoms with van der Waals surface area (Å²) in [5, 5.41) is 14.2. The molecule has 0 fully saturated rings. The summed E-state index contributed by atoms with van der Waals surface area (Å²) in [4.78, 5) is 10.6. The minimum atomic E-state index is -0.359. The Hall–Kier alpha value is -1.10. The molecule has 1 aromatic rings. The summed E-state index contributed by atoms with van der Waals surface area (Å²) >= 11 is 3.33. The van der Waals surface area contributed by atoms with Crippen molar-refractivity contribution in [1.82, 2.24) is 0 Å². The van der Waals surface area contributed by atoms with Crippen LogP contribution < -0.4 is 5.32 Å². The van der Waals surface area contributed by atoms with Gasteiger partial charge in [0.2, 0.25) is 0 Å². The highest BCUT2D eigenvalue weighted by Crippen LogP contribution is 2.29. The van der Waals surface area contributed by atoms with Gasteiger partial charge in [0.15, 0.2) is 0 Å². The molecule has 1 rings (SSSR count). The molecular formula is C12H17BrN2O2. The molecule has 0 aliphatic rings. The zero-order valence-electron chi connectivity index (χ0n) is 10.2. The van der Waals surface area contributed by atoms with Gasteiger partial charge in [-0.05, 0) is 24.5 Å². The fourth-order valence-corrected chi connectivity index (χ4v) is 2.08. The molecule has 0 heterocycles. The second-order valence-electron chi connectivity index (χ2n) is 4.32. The second kappa shape index (κ2) is 6.00. The Labute approximate surface area is 110 Å². The van der Waals surface area contributed by atoms with Gasteiger partial charge in [-0.3, -0.25) is 10.1 Å². The Morgan fingerprint density at radius 3 is 2.59 bits per heavy atom. The number of nitrogens with one attached hydrogen (secondary N) is 1. The number of nitrogens with zero attached hydrogens (tertiary/aromatic N) is 1. The number of hydrogen-bond acceptors (Lipinski definition) is 3. The van der Waals surface area contributed by atoms with E-state index >= 15 is 0 Å². The van der Waals surface area contributed by atoms with E-state index in [-0.39, 0.29) is 16.7 Å². The van der Waals surface area contributed by atoms with Crippen LogP contribution in [-0.4, -0.2) is 11.0 Å². The normalized spacial score (nSPS) is 12.5. The fraction of sp³-hybridized carbons (Fsp3) is 0.500. The maximum Gasteiger partial charge on any atom is 0.292 e. The van der Waals surface area contributed by atoms with Crippen molar-refractivity contribution in [3.8, 4) is 0 Å². The van der Waals surface area contributed by atoms with Crippen molar-refractivity contribution in [3.05, 3.63) is 32.8 Å². The van der Waals surface area contributed by atoms with E-state index in [1.165, 1.54) is 6.07 Å². The van der Waals surface area contributed by atoms with E-state index in [1.807, 2.05) is 0 Å². The van der Waals surface area contributed by atoms with E-state index < -0.39 is 0 Å². The van der Waals surface area contributed by atoms with E-state index in [4.69, 9.17) is 0 Å². The highest BCUT2D eigenvalue weighted by Gasteiger charge is 2.18. The van der Waals surface area contributed by atoms with Crippen LogP contribution in [0.2, 0.25) is 0 Å². The molecule has 0 aromatic heterocycles. The highest BCUT2D eigenvalue weighted by atomic mass is 79.9. The predicted octanol–water partition coefficient (Wildman–Crippen LogP) is 4.20. The van der Waals surface area contributed by atoms with E-state index in [9.17, 15) is 10.1 Å². The summed E-state index contributed by atoms with van der Waals surface area (Å²) in [6.07, 6.45) is 0.932. The molecule has 0 amide bonds. The molecule has 1 unspecified atom stereocenters. The van der Waals surface area contributed by atoms with Gasteiger partial charge >= 0.3 is 0 Å². The molecular weight excluding hydrogens is 284 g/mol. The molecule has 1 atom stereocenters. The van der Waals surface area contributed by atoms with Crippen LogP contribution in [0.15, 0.2) is 22.7 Å². The van der Waals surface area contributed by atoms with Crippen molar-refractivity contribution in [2.45, 2.75) is 33.2 Å². The molecule has 0 saturated carbocycles. The molecule has 0 spiro atoms. The van der Waals surface area contributed by atoms with E-state index in [0.717, 1.165) is 10.9 Å². The second-order valence-corrected chi connectivity index (χ2v) is 5.24. The first-order chi connectivity index (χ1) is 7.95. The van der Waals surface area contributed by atoms with Crippen LogP contribution in [0.1, 0.15) is 27.2 Å². The highest BCUT2D eigenvalue weighted by molar-refractivity contribution is 9.10. The molecule has 0 radical (unpaired) electrons. The Balaban J connectivity index is 3.03. The molecule has 1 N–H and O–H groups in total. The predicted molar refractivity (Wildman–Crippen MR) is 73.3 cm³/mol. The van der Waals surface area contributed by atoms with Crippen LogP contribution in [0.3, 0.4) is 0 Å². The third kappa shape index (κ3) is 3.70. The van der Waals surface area contributed by atoms with Crippen molar-refractivity contribution in [2.24, 2.45) is 5.92 Å². The fourth-order valence-electron chi connectivity index (χ4n) is 1.72. The zero-order chi connectivity index (χ0) is 13.0. The smallest absolute Gasteiger partial charge is 0.292 e. The van der Waals surface area contributed by atoms with Crippen LogP contribution in [0, 0.1) is 16.0 Å². The number of benzene rings is 1. The van der Waals surface area contributed by atoms with Gasteiger partial charge in [-0.2, -0.15) is 0 Å². The molecule has 94 valence electrons. The number of nitro benzene ring substituents is 1. The van der Waals surface area contributed by atoms with Gasteiger partial charge in [-0.25, -0.2) is 0 Å². The molecule has 0 aliphatic heterocycles. The zero-order valence-corrected chi connectivity index (χ0v) is 11.8. The topological polar surface area (TPSA) is 55.2 Å². The lowest BCUT2D eigenvalue weighted by Gasteiger charge is -2.21. The lowest BCUT2D eigenvalue weighted by Crippen LogP contribution is -2.25. The monoisotopic (exact) mass is 300 g/mol. The largest absolute Gasteiger partial charge is 0.376 e. The maximum atomic E-state index is 10.9. The quantitative estimate of drug-likeness (QED) is 0.655. The molecule has 5 heteroatoms. The van der Waals surface area contributed by atoms with Crippen molar-refractivity contribution >= 4 is 27.3 Å². The summed E-state index contributed by atoms with van der Waals surface area (Å²) in [6, 6.07) is 5.19. The van der Waals surface area contributed by atoms with E-state index in [0.29, 0.717) is 11.6 Å². The van der Waals surface area contributed by atoms with Crippen LogP contribution in [-0.2, 0) is 0 Å². The number of nitro groups is 1. The number of anilines is 1. The van der Waals surface area contributed by atoms with Crippen molar-refractivity contribution in [2.75, 3.05) is 5.32 Å². The Bertz CT molecular complexity index is 407. The van der Waals surface area contributed by atoms with Crippen LogP contribution in [0.4, 0.5) is 11.4 Å². The third-order valence-electron chi connectivity index (χ3n) is 2.74. The van der Waals surface area contributed by atoms with Crippen LogP contribution >= 0.6 is 15.9 Å².